The molecule has 1 aliphatic rings. The summed E-state index contributed by atoms with van der Waals surface area (Å²) in [6.45, 7) is 4.49. The van der Waals surface area contributed by atoms with Crippen molar-refractivity contribution in [1.29, 1.82) is 0 Å². The number of piperazine rings is 1. The number of benzene rings is 2. The predicted octanol–water partition coefficient (Wildman–Crippen LogP) is 3.72. The van der Waals surface area contributed by atoms with Gasteiger partial charge in [0.1, 0.15) is 5.75 Å². The molecule has 0 amide bonds. The van der Waals surface area contributed by atoms with Gasteiger partial charge in [0, 0.05) is 42.5 Å². The van der Waals surface area contributed by atoms with Crippen molar-refractivity contribution >= 4 is 17.3 Å². The van der Waals surface area contributed by atoms with E-state index in [1.54, 1.807) is 7.11 Å². The van der Waals surface area contributed by atoms with Crippen LogP contribution in [0.25, 0.3) is 11.4 Å². The average molecular weight is 385 g/mol. The predicted molar refractivity (Wildman–Crippen MR) is 105 cm³/mol. The van der Waals surface area contributed by atoms with Gasteiger partial charge in [0.05, 0.1) is 13.7 Å². The molecule has 2 heterocycles. The highest BCUT2D eigenvalue weighted by Crippen LogP contribution is 2.22. The van der Waals surface area contributed by atoms with Gasteiger partial charge < -0.3 is 14.2 Å². The van der Waals surface area contributed by atoms with Gasteiger partial charge in [-0.05, 0) is 48.5 Å². The Kier molecular flexibility index (Phi) is 5.27. The molecule has 1 aliphatic heterocycles. The van der Waals surface area contributed by atoms with E-state index in [9.17, 15) is 0 Å². The third kappa shape index (κ3) is 4.23. The van der Waals surface area contributed by atoms with Gasteiger partial charge in [-0.1, -0.05) is 16.8 Å². The first-order valence-electron chi connectivity index (χ1n) is 8.91. The minimum atomic E-state index is 0.596. The van der Waals surface area contributed by atoms with Crippen molar-refractivity contribution in [3.8, 4) is 17.1 Å². The molecule has 6 nitrogen and oxygen atoms in total. The molecule has 0 atom stereocenters. The highest BCUT2D eigenvalue weighted by molar-refractivity contribution is 6.30. The molecule has 4 rings (SSSR count). The highest BCUT2D eigenvalue weighted by atomic mass is 35.5. The number of rotatable bonds is 5. The lowest BCUT2D eigenvalue weighted by Gasteiger charge is -2.35. The molecule has 3 aromatic rings. The van der Waals surface area contributed by atoms with Crippen LogP contribution in [0.15, 0.2) is 53.1 Å². The number of anilines is 1. The van der Waals surface area contributed by atoms with Crippen LogP contribution in [0, 0.1) is 0 Å². The summed E-state index contributed by atoms with van der Waals surface area (Å²) in [6, 6.07) is 15.6. The molecule has 7 heteroatoms. The zero-order valence-corrected chi connectivity index (χ0v) is 15.9. The summed E-state index contributed by atoms with van der Waals surface area (Å²) < 4.78 is 10.6. The van der Waals surface area contributed by atoms with Crippen LogP contribution < -0.4 is 9.64 Å². The van der Waals surface area contributed by atoms with Gasteiger partial charge in [0.25, 0.3) is 0 Å². The smallest absolute Gasteiger partial charge is 0.241 e. The van der Waals surface area contributed by atoms with Crippen LogP contribution in [0.1, 0.15) is 5.89 Å². The molecule has 1 fully saturated rings. The van der Waals surface area contributed by atoms with Gasteiger partial charge in [-0.3, -0.25) is 4.90 Å². The van der Waals surface area contributed by atoms with Crippen molar-refractivity contribution in [1.82, 2.24) is 15.0 Å². The molecule has 0 unspecified atom stereocenters. The normalized spacial score (nSPS) is 15.1. The van der Waals surface area contributed by atoms with E-state index in [0.29, 0.717) is 23.3 Å². The largest absolute Gasteiger partial charge is 0.497 e. The van der Waals surface area contributed by atoms with Crippen LogP contribution in [0.4, 0.5) is 5.69 Å². The molecular formula is C20H21ClN4O2. The van der Waals surface area contributed by atoms with E-state index in [1.165, 1.54) is 5.69 Å². The fourth-order valence-electron chi connectivity index (χ4n) is 3.18. The Bertz CT molecular complexity index is 872. The third-order valence-electron chi connectivity index (χ3n) is 4.74. The molecule has 0 radical (unpaired) electrons. The van der Waals surface area contributed by atoms with Crippen molar-refractivity contribution in [3.63, 3.8) is 0 Å². The zero-order chi connectivity index (χ0) is 18.6. The summed E-state index contributed by atoms with van der Waals surface area (Å²) in [7, 11) is 1.68. The Morgan fingerprint density at radius 2 is 1.70 bits per heavy atom. The van der Waals surface area contributed by atoms with Crippen molar-refractivity contribution in [2.24, 2.45) is 0 Å². The Hall–Kier alpha value is -2.57. The SMILES string of the molecule is COc1ccc(N2CCN(Cc3nc(-c4ccc(Cl)cc4)no3)CC2)cc1. The zero-order valence-electron chi connectivity index (χ0n) is 15.1. The van der Waals surface area contributed by atoms with E-state index in [2.05, 4.69) is 32.1 Å². The summed E-state index contributed by atoms with van der Waals surface area (Å²) in [5.41, 5.74) is 2.12. The highest BCUT2D eigenvalue weighted by Gasteiger charge is 2.20. The number of aromatic nitrogens is 2. The third-order valence-corrected chi connectivity index (χ3v) is 4.99. The number of halogens is 1. The second-order valence-electron chi connectivity index (χ2n) is 6.48. The molecule has 0 aliphatic carbocycles. The summed E-state index contributed by atoms with van der Waals surface area (Å²) in [5, 5.41) is 4.77. The summed E-state index contributed by atoms with van der Waals surface area (Å²) in [5.74, 6) is 2.11. The van der Waals surface area contributed by atoms with Crippen LogP contribution in [0.3, 0.4) is 0 Å². The van der Waals surface area contributed by atoms with Crippen LogP contribution in [0.2, 0.25) is 5.02 Å². The molecule has 1 saturated heterocycles. The summed E-state index contributed by atoms with van der Waals surface area (Å²) in [6.07, 6.45) is 0. The lowest BCUT2D eigenvalue weighted by atomic mass is 10.2. The van der Waals surface area contributed by atoms with E-state index in [0.717, 1.165) is 37.5 Å². The summed E-state index contributed by atoms with van der Waals surface area (Å²) in [4.78, 5) is 9.22. The Morgan fingerprint density at radius 1 is 1.00 bits per heavy atom. The molecule has 27 heavy (non-hydrogen) atoms. The second-order valence-corrected chi connectivity index (χ2v) is 6.92. The van der Waals surface area contributed by atoms with E-state index >= 15 is 0 Å². The molecule has 140 valence electrons. The van der Waals surface area contributed by atoms with E-state index < -0.39 is 0 Å². The Morgan fingerprint density at radius 3 is 2.37 bits per heavy atom. The second kappa shape index (κ2) is 7.98. The van der Waals surface area contributed by atoms with Crippen LogP contribution in [0.5, 0.6) is 5.75 Å². The topological polar surface area (TPSA) is 54.6 Å². The molecular weight excluding hydrogens is 364 g/mol. The standard InChI is InChI=1S/C20H21ClN4O2/c1-26-18-8-6-17(7-9-18)25-12-10-24(11-13-25)14-19-22-20(23-27-19)15-2-4-16(21)5-3-15/h2-9H,10-14H2,1H3. The monoisotopic (exact) mass is 384 g/mol. The molecule has 1 aromatic heterocycles. The summed E-state index contributed by atoms with van der Waals surface area (Å²) >= 11 is 5.92. The molecule has 2 aromatic carbocycles. The molecule has 0 spiro atoms. The first-order valence-corrected chi connectivity index (χ1v) is 9.29. The van der Waals surface area contributed by atoms with Gasteiger partial charge in [0.15, 0.2) is 0 Å². The number of nitrogens with zero attached hydrogens (tertiary/aromatic N) is 4. The molecule has 0 N–H and O–H groups in total. The maximum Gasteiger partial charge on any atom is 0.241 e. The lowest BCUT2D eigenvalue weighted by molar-refractivity contribution is 0.215. The lowest BCUT2D eigenvalue weighted by Crippen LogP contribution is -2.46. The molecule has 0 saturated carbocycles. The van der Waals surface area contributed by atoms with Crippen LogP contribution in [-0.2, 0) is 6.54 Å². The van der Waals surface area contributed by atoms with E-state index in [1.807, 2.05) is 36.4 Å². The van der Waals surface area contributed by atoms with Crippen molar-refractivity contribution in [2.45, 2.75) is 6.54 Å². The van der Waals surface area contributed by atoms with Crippen molar-refractivity contribution in [2.75, 3.05) is 38.2 Å². The van der Waals surface area contributed by atoms with Gasteiger partial charge in [-0.25, -0.2) is 0 Å². The van der Waals surface area contributed by atoms with E-state index in [4.69, 9.17) is 20.9 Å². The quantitative estimate of drug-likeness (QED) is 0.668. The first-order chi connectivity index (χ1) is 13.2. The minimum Gasteiger partial charge on any atom is -0.497 e. The van der Waals surface area contributed by atoms with Gasteiger partial charge in [0.2, 0.25) is 11.7 Å². The Labute approximate surface area is 163 Å². The van der Waals surface area contributed by atoms with Crippen LogP contribution in [-0.4, -0.2) is 48.3 Å². The number of hydrogen-bond donors (Lipinski definition) is 0. The van der Waals surface area contributed by atoms with Crippen molar-refractivity contribution < 1.29 is 9.26 Å². The number of methoxy groups -OCH3 is 1. The maximum absolute atomic E-state index is 5.92. The first kappa shape index (κ1) is 17.8. The van der Waals surface area contributed by atoms with Crippen molar-refractivity contribution in [3.05, 3.63) is 59.4 Å². The molecule has 0 bridgehead atoms. The Balaban J connectivity index is 1.33. The number of hydrogen-bond acceptors (Lipinski definition) is 6. The fraction of sp³-hybridized carbons (Fsp3) is 0.300. The van der Waals surface area contributed by atoms with Gasteiger partial charge >= 0.3 is 0 Å². The minimum absolute atomic E-state index is 0.596. The average Bonchev–Trinajstić information content (AvgIpc) is 3.18. The fourth-order valence-corrected chi connectivity index (χ4v) is 3.31. The maximum atomic E-state index is 5.92. The van der Waals surface area contributed by atoms with E-state index in [-0.39, 0.29) is 0 Å². The number of ether oxygens (including phenoxy) is 1. The van der Waals surface area contributed by atoms with Gasteiger partial charge in [-0.15, -0.1) is 0 Å². The van der Waals surface area contributed by atoms with Crippen LogP contribution >= 0.6 is 11.6 Å². The van der Waals surface area contributed by atoms with Gasteiger partial charge in [-0.2, -0.15) is 4.98 Å².